The molecule has 0 aliphatic heterocycles. The summed E-state index contributed by atoms with van der Waals surface area (Å²) in [6, 6.07) is 0. The van der Waals surface area contributed by atoms with Gasteiger partial charge in [0.15, 0.2) is 0 Å². The van der Waals surface area contributed by atoms with Gasteiger partial charge in [-0.15, -0.1) is 0 Å². The largest absolute Gasteiger partial charge is 0.480 e. The highest BCUT2D eigenvalue weighted by Crippen LogP contribution is 1.83. The number of carbonyl (C=O) groups excluding carboxylic acids is 1. The number of carboxylic acid groups (broad SMARTS) is 1. The molecule has 0 aliphatic rings. The van der Waals surface area contributed by atoms with E-state index < -0.39 is 18.5 Å². The molecular weight excluding hydrogens is 352 g/mol. The van der Waals surface area contributed by atoms with E-state index in [2.05, 4.69) is 20.1 Å². The van der Waals surface area contributed by atoms with E-state index in [1.54, 1.807) is 0 Å². The second-order valence-corrected chi connectivity index (χ2v) is 4.64. The van der Waals surface area contributed by atoms with Gasteiger partial charge >= 0.3 is 5.97 Å². The molecule has 0 unspecified atom stereocenters. The molecule has 0 rings (SSSR count). The highest BCUT2D eigenvalue weighted by molar-refractivity contribution is 5.77. The minimum absolute atomic E-state index is 0.297. The first-order valence-corrected chi connectivity index (χ1v) is 8.05. The van der Waals surface area contributed by atoms with Crippen LogP contribution in [0.25, 0.3) is 10.4 Å². The van der Waals surface area contributed by atoms with Gasteiger partial charge in [0.25, 0.3) is 0 Å². The summed E-state index contributed by atoms with van der Waals surface area (Å²) in [6.45, 7) is 3.02. The molecular formula is C14H26N4O8. The Balaban J connectivity index is 3.14. The number of hydrogen-bond donors (Lipinski definition) is 2. The van der Waals surface area contributed by atoms with Gasteiger partial charge in [-0.2, -0.15) is 0 Å². The van der Waals surface area contributed by atoms with Crippen molar-refractivity contribution in [3.8, 4) is 0 Å². The quantitative estimate of drug-likeness (QED) is 0.133. The number of aliphatic carboxylic acids is 1. The van der Waals surface area contributed by atoms with Crippen molar-refractivity contribution in [2.45, 2.75) is 0 Å². The maximum Gasteiger partial charge on any atom is 0.329 e. The Morgan fingerprint density at radius 2 is 1.38 bits per heavy atom. The molecule has 0 fully saturated rings. The monoisotopic (exact) mass is 378 g/mol. The second kappa shape index (κ2) is 19.4. The third-order valence-electron chi connectivity index (χ3n) is 2.54. The zero-order chi connectivity index (χ0) is 19.3. The van der Waals surface area contributed by atoms with Crippen LogP contribution in [0.5, 0.6) is 0 Å². The predicted octanol–water partition coefficient (Wildman–Crippen LogP) is -0.419. The number of hydrogen-bond acceptors (Lipinski definition) is 8. The number of ether oxygens (including phenoxy) is 5. The Morgan fingerprint density at radius 3 is 1.92 bits per heavy atom. The Hall–Kier alpha value is -1.95. The Kier molecular flexibility index (Phi) is 17.9. The van der Waals surface area contributed by atoms with Gasteiger partial charge in [0.05, 0.1) is 52.9 Å². The van der Waals surface area contributed by atoms with Crippen LogP contribution in [0.15, 0.2) is 5.11 Å². The fourth-order valence-electron chi connectivity index (χ4n) is 1.46. The summed E-state index contributed by atoms with van der Waals surface area (Å²) < 4.78 is 25.6. The lowest BCUT2D eigenvalue weighted by atomic mass is 10.6. The lowest BCUT2D eigenvalue weighted by molar-refractivity contribution is -0.143. The summed E-state index contributed by atoms with van der Waals surface area (Å²) in [5.74, 6) is -1.52. The molecule has 0 heterocycles. The van der Waals surface area contributed by atoms with E-state index in [0.717, 1.165) is 0 Å². The summed E-state index contributed by atoms with van der Waals surface area (Å²) in [5, 5.41) is 14.2. The summed E-state index contributed by atoms with van der Waals surface area (Å²) in [4.78, 5) is 24.0. The molecule has 0 radical (unpaired) electrons. The van der Waals surface area contributed by atoms with Crippen LogP contribution in [-0.2, 0) is 33.3 Å². The third-order valence-corrected chi connectivity index (χ3v) is 2.54. The molecule has 0 aromatic heterocycles. The van der Waals surface area contributed by atoms with Crippen LogP contribution in [0.4, 0.5) is 0 Å². The van der Waals surface area contributed by atoms with E-state index in [-0.39, 0.29) is 6.61 Å². The first-order chi connectivity index (χ1) is 12.7. The minimum Gasteiger partial charge on any atom is -0.480 e. The summed E-state index contributed by atoms with van der Waals surface area (Å²) in [6.07, 6.45) is 0. The number of nitrogens with one attached hydrogen (secondary N) is 1. The van der Waals surface area contributed by atoms with Crippen molar-refractivity contribution in [3.05, 3.63) is 10.4 Å². The van der Waals surface area contributed by atoms with E-state index >= 15 is 0 Å². The van der Waals surface area contributed by atoms with E-state index in [1.165, 1.54) is 0 Å². The van der Waals surface area contributed by atoms with Crippen LogP contribution in [0, 0.1) is 0 Å². The third kappa shape index (κ3) is 20.1. The van der Waals surface area contributed by atoms with Gasteiger partial charge in [-0.3, -0.25) is 4.79 Å². The topological polar surface area (TPSA) is 161 Å². The van der Waals surface area contributed by atoms with Gasteiger partial charge in [-0.05, 0) is 5.53 Å². The van der Waals surface area contributed by atoms with E-state index in [4.69, 9.17) is 29.6 Å². The number of azide groups is 1. The Labute approximate surface area is 151 Å². The molecule has 0 aliphatic carbocycles. The Morgan fingerprint density at radius 1 is 0.846 bits per heavy atom. The fraction of sp³-hybridized carbons (Fsp3) is 0.857. The predicted molar refractivity (Wildman–Crippen MR) is 88.8 cm³/mol. The lowest BCUT2D eigenvalue weighted by Gasteiger charge is -2.08. The number of carbonyl (C=O) groups is 2. The average molecular weight is 378 g/mol. The summed E-state index contributed by atoms with van der Waals surface area (Å²) >= 11 is 0. The van der Waals surface area contributed by atoms with Crippen LogP contribution in [0.3, 0.4) is 0 Å². The average Bonchev–Trinajstić information content (AvgIpc) is 2.61. The van der Waals surface area contributed by atoms with Crippen molar-refractivity contribution in [2.75, 3.05) is 79.2 Å². The van der Waals surface area contributed by atoms with E-state index in [0.29, 0.717) is 65.9 Å². The zero-order valence-corrected chi connectivity index (χ0v) is 14.6. The van der Waals surface area contributed by atoms with Crippen molar-refractivity contribution in [2.24, 2.45) is 5.11 Å². The minimum atomic E-state index is -1.12. The van der Waals surface area contributed by atoms with E-state index in [1.807, 2.05) is 0 Å². The van der Waals surface area contributed by atoms with Crippen molar-refractivity contribution in [1.29, 1.82) is 0 Å². The van der Waals surface area contributed by atoms with Gasteiger partial charge < -0.3 is 34.1 Å². The van der Waals surface area contributed by atoms with Gasteiger partial charge in [-0.1, -0.05) is 5.11 Å². The first kappa shape index (κ1) is 24.1. The first-order valence-electron chi connectivity index (χ1n) is 8.05. The van der Waals surface area contributed by atoms with Gasteiger partial charge in [0, 0.05) is 18.0 Å². The normalized spacial score (nSPS) is 10.3. The smallest absolute Gasteiger partial charge is 0.329 e. The standard InChI is InChI=1S/C14H26N4O8/c15-18-17-2-4-23-6-8-25-10-9-24-7-5-22-3-1-16-13(19)11-26-12-14(20)21/h1-12H2,(H,16,19)(H,20,21). The van der Waals surface area contributed by atoms with Crippen LogP contribution in [-0.4, -0.2) is 96.1 Å². The molecule has 0 saturated carbocycles. The molecule has 12 nitrogen and oxygen atoms in total. The maximum atomic E-state index is 11.2. The number of amides is 1. The van der Waals surface area contributed by atoms with Crippen molar-refractivity contribution in [1.82, 2.24) is 5.32 Å². The van der Waals surface area contributed by atoms with Crippen molar-refractivity contribution < 1.29 is 38.4 Å². The molecule has 0 aromatic carbocycles. The molecule has 0 atom stereocenters. The van der Waals surface area contributed by atoms with Crippen molar-refractivity contribution >= 4 is 11.9 Å². The second-order valence-electron chi connectivity index (χ2n) is 4.64. The highest BCUT2D eigenvalue weighted by Gasteiger charge is 2.02. The number of carboxylic acids is 1. The van der Waals surface area contributed by atoms with Gasteiger partial charge in [-0.25, -0.2) is 4.79 Å². The summed E-state index contributed by atoms with van der Waals surface area (Å²) in [5.41, 5.74) is 8.05. The lowest BCUT2D eigenvalue weighted by Crippen LogP contribution is -2.31. The maximum absolute atomic E-state index is 11.2. The molecule has 0 spiro atoms. The number of nitrogens with zero attached hydrogens (tertiary/aromatic N) is 3. The van der Waals surface area contributed by atoms with Gasteiger partial charge in [0.2, 0.25) is 5.91 Å². The molecule has 0 saturated heterocycles. The number of rotatable bonds is 19. The highest BCUT2D eigenvalue weighted by atomic mass is 16.6. The SMILES string of the molecule is [N-]=[N+]=NCCOCCOCCOCCOCCNC(=O)COCC(=O)O. The Bertz CT molecular complexity index is 418. The van der Waals surface area contributed by atoms with Crippen LogP contribution in [0.1, 0.15) is 0 Å². The van der Waals surface area contributed by atoms with E-state index in [9.17, 15) is 9.59 Å². The molecule has 26 heavy (non-hydrogen) atoms. The van der Waals surface area contributed by atoms with Crippen LogP contribution in [0.2, 0.25) is 0 Å². The zero-order valence-electron chi connectivity index (χ0n) is 14.6. The van der Waals surface area contributed by atoms with Crippen LogP contribution >= 0.6 is 0 Å². The van der Waals surface area contributed by atoms with Crippen molar-refractivity contribution in [3.63, 3.8) is 0 Å². The van der Waals surface area contributed by atoms with Crippen LogP contribution < -0.4 is 5.32 Å². The molecule has 2 N–H and O–H groups in total. The molecule has 12 heteroatoms. The molecule has 0 bridgehead atoms. The molecule has 150 valence electrons. The molecule has 1 amide bonds. The fourth-order valence-corrected chi connectivity index (χ4v) is 1.46. The van der Waals surface area contributed by atoms with Gasteiger partial charge in [0.1, 0.15) is 13.2 Å². The summed E-state index contributed by atoms with van der Waals surface area (Å²) in [7, 11) is 0. The molecule has 0 aromatic rings.